The minimum Gasteiger partial charge on any atom is -0.454 e. The van der Waals surface area contributed by atoms with E-state index in [0.717, 1.165) is 5.56 Å². The third-order valence-corrected chi connectivity index (χ3v) is 3.64. The molecule has 7 nitrogen and oxygen atoms in total. The molecule has 1 aliphatic heterocycles. The number of hydrogen-bond donors (Lipinski definition) is 1. The quantitative estimate of drug-likeness (QED) is 0.801. The number of aryl methyl sites for hydroxylation is 1. The highest BCUT2D eigenvalue weighted by Crippen LogP contribution is 2.34. The highest BCUT2D eigenvalue weighted by molar-refractivity contribution is 6.08. The number of pyridine rings is 1. The molecule has 4 rings (SSSR count). The fourth-order valence-corrected chi connectivity index (χ4v) is 2.54. The van der Waals surface area contributed by atoms with Crippen LogP contribution < -0.4 is 14.8 Å². The van der Waals surface area contributed by atoms with E-state index < -0.39 is 0 Å². The first-order valence-corrected chi connectivity index (χ1v) is 7.36. The van der Waals surface area contributed by atoms with Crippen LogP contribution >= 0.6 is 0 Å². The average molecular weight is 322 g/mol. The van der Waals surface area contributed by atoms with Gasteiger partial charge in [-0.25, -0.2) is 0 Å². The van der Waals surface area contributed by atoms with Gasteiger partial charge in [0.1, 0.15) is 5.69 Å². The molecule has 24 heavy (non-hydrogen) atoms. The number of anilines is 1. The summed E-state index contributed by atoms with van der Waals surface area (Å²) in [6, 6.07) is 8.95. The molecule has 0 saturated carbocycles. The second kappa shape index (κ2) is 5.69. The van der Waals surface area contributed by atoms with Crippen LogP contribution in [0.2, 0.25) is 0 Å². The van der Waals surface area contributed by atoms with Crippen LogP contribution in [0.15, 0.2) is 48.9 Å². The van der Waals surface area contributed by atoms with E-state index in [1.54, 1.807) is 48.5 Å². The third kappa shape index (κ3) is 2.56. The molecule has 7 heteroatoms. The molecule has 3 heterocycles. The molecule has 0 radical (unpaired) electrons. The molecule has 0 spiro atoms. The Bertz CT molecular complexity index is 905. The summed E-state index contributed by atoms with van der Waals surface area (Å²) < 4.78 is 12.2. The lowest BCUT2D eigenvalue weighted by atomic mass is 10.1. The van der Waals surface area contributed by atoms with Gasteiger partial charge in [-0.15, -0.1) is 0 Å². The Labute approximate surface area is 137 Å². The maximum atomic E-state index is 12.7. The van der Waals surface area contributed by atoms with E-state index in [-0.39, 0.29) is 12.7 Å². The van der Waals surface area contributed by atoms with Crippen LogP contribution in [0, 0.1) is 0 Å². The predicted molar refractivity (Wildman–Crippen MR) is 87.0 cm³/mol. The van der Waals surface area contributed by atoms with Crippen LogP contribution in [-0.4, -0.2) is 27.5 Å². The van der Waals surface area contributed by atoms with Gasteiger partial charge in [-0.2, -0.15) is 5.10 Å². The summed E-state index contributed by atoms with van der Waals surface area (Å²) in [6.45, 7) is 0.195. The summed E-state index contributed by atoms with van der Waals surface area (Å²) in [5, 5.41) is 7.24. The number of nitrogens with one attached hydrogen (secondary N) is 1. The van der Waals surface area contributed by atoms with Gasteiger partial charge in [-0.3, -0.25) is 14.5 Å². The lowest BCUT2D eigenvalue weighted by Crippen LogP contribution is -2.12. The molecule has 0 atom stereocenters. The summed E-state index contributed by atoms with van der Waals surface area (Å²) in [6.07, 6.45) is 5.04. The lowest BCUT2D eigenvalue weighted by molar-refractivity contribution is 0.102. The van der Waals surface area contributed by atoms with Crippen molar-refractivity contribution < 1.29 is 14.3 Å². The average Bonchev–Trinajstić information content (AvgIpc) is 3.21. The first kappa shape index (κ1) is 14.3. The molecular formula is C17H14N4O3. The summed E-state index contributed by atoms with van der Waals surface area (Å²) in [5.74, 6) is 1.04. The number of nitrogens with zero attached hydrogens (tertiary/aromatic N) is 3. The number of carbonyl (C=O) groups is 1. The second-order valence-corrected chi connectivity index (χ2v) is 5.33. The van der Waals surface area contributed by atoms with Crippen molar-refractivity contribution in [2.24, 2.45) is 7.05 Å². The maximum absolute atomic E-state index is 12.7. The zero-order chi connectivity index (χ0) is 16.5. The Kier molecular flexibility index (Phi) is 3.38. The van der Waals surface area contributed by atoms with Crippen molar-refractivity contribution in [1.29, 1.82) is 0 Å². The molecule has 0 unspecified atom stereocenters. The van der Waals surface area contributed by atoms with Gasteiger partial charge >= 0.3 is 0 Å². The SMILES string of the molecule is Cn1cc(C(=O)Nc2ccc3c(c2)OCO3)c(-c2cccnc2)n1. The zero-order valence-electron chi connectivity index (χ0n) is 12.9. The van der Waals surface area contributed by atoms with Gasteiger partial charge in [-0.1, -0.05) is 0 Å². The number of aromatic nitrogens is 3. The number of benzene rings is 1. The molecule has 1 aromatic carbocycles. The summed E-state index contributed by atoms with van der Waals surface area (Å²) in [7, 11) is 1.78. The van der Waals surface area contributed by atoms with Crippen molar-refractivity contribution >= 4 is 11.6 Å². The Hall–Kier alpha value is -3.35. The lowest BCUT2D eigenvalue weighted by Gasteiger charge is -2.06. The first-order valence-electron chi connectivity index (χ1n) is 7.36. The summed E-state index contributed by atoms with van der Waals surface area (Å²) in [5.41, 5.74) is 2.48. The van der Waals surface area contributed by atoms with Crippen molar-refractivity contribution in [3.8, 4) is 22.8 Å². The number of amides is 1. The fourth-order valence-electron chi connectivity index (χ4n) is 2.54. The first-order chi connectivity index (χ1) is 11.7. The molecule has 1 aliphatic rings. The molecule has 0 saturated heterocycles. The minimum absolute atomic E-state index is 0.195. The molecule has 120 valence electrons. The second-order valence-electron chi connectivity index (χ2n) is 5.33. The Balaban J connectivity index is 1.63. The normalized spacial score (nSPS) is 12.2. The Morgan fingerprint density at radius 1 is 1.25 bits per heavy atom. The van der Waals surface area contributed by atoms with Crippen molar-refractivity contribution in [2.45, 2.75) is 0 Å². The van der Waals surface area contributed by atoms with Crippen LogP contribution in [0.3, 0.4) is 0 Å². The standard InChI is InChI=1S/C17H14N4O3/c1-21-9-13(16(20-21)11-3-2-6-18-8-11)17(22)19-12-4-5-14-15(7-12)24-10-23-14/h2-9H,10H2,1H3,(H,19,22). The number of rotatable bonds is 3. The third-order valence-electron chi connectivity index (χ3n) is 3.64. The smallest absolute Gasteiger partial charge is 0.259 e. The van der Waals surface area contributed by atoms with Gasteiger partial charge in [0, 0.05) is 43.0 Å². The summed E-state index contributed by atoms with van der Waals surface area (Å²) in [4.78, 5) is 16.7. The molecular weight excluding hydrogens is 308 g/mol. The molecule has 0 fully saturated rings. The topological polar surface area (TPSA) is 78.3 Å². The van der Waals surface area contributed by atoms with E-state index >= 15 is 0 Å². The molecule has 1 N–H and O–H groups in total. The molecule has 3 aromatic rings. The number of fused-ring (bicyclic) bond motifs is 1. The van der Waals surface area contributed by atoms with E-state index in [1.165, 1.54) is 0 Å². The monoisotopic (exact) mass is 322 g/mol. The van der Waals surface area contributed by atoms with Crippen molar-refractivity contribution in [3.05, 3.63) is 54.5 Å². The fraction of sp³-hybridized carbons (Fsp3) is 0.118. The van der Waals surface area contributed by atoms with Gasteiger partial charge in [0.05, 0.1) is 5.56 Å². The van der Waals surface area contributed by atoms with Gasteiger partial charge in [-0.05, 0) is 24.3 Å². The van der Waals surface area contributed by atoms with Crippen LogP contribution in [0.1, 0.15) is 10.4 Å². The predicted octanol–water partition coefficient (Wildman–Crippen LogP) is 2.46. The van der Waals surface area contributed by atoms with E-state index in [9.17, 15) is 4.79 Å². The molecule has 2 aromatic heterocycles. The van der Waals surface area contributed by atoms with Crippen LogP contribution in [0.25, 0.3) is 11.3 Å². The number of carbonyl (C=O) groups excluding carboxylic acids is 1. The highest BCUT2D eigenvalue weighted by atomic mass is 16.7. The Morgan fingerprint density at radius 2 is 2.12 bits per heavy atom. The van der Waals surface area contributed by atoms with E-state index in [1.807, 2.05) is 12.1 Å². The largest absolute Gasteiger partial charge is 0.454 e. The van der Waals surface area contributed by atoms with E-state index in [0.29, 0.717) is 28.4 Å². The Morgan fingerprint density at radius 3 is 2.96 bits per heavy atom. The number of hydrogen-bond acceptors (Lipinski definition) is 5. The van der Waals surface area contributed by atoms with Gasteiger partial charge < -0.3 is 14.8 Å². The van der Waals surface area contributed by atoms with Crippen molar-refractivity contribution in [1.82, 2.24) is 14.8 Å². The summed E-state index contributed by atoms with van der Waals surface area (Å²) >= 11 is 0. The van der Waals surface area contributed by atoms with Crippen LogP contribution in [0.5, 0.6) is 11.5 Å². The van der Waals surface area contributed by atoms with Gasteiger partial charge in [0.2, 0.25) is 6.79 Å². The van der Waals surface area contributed by atoms with E-state index in [4.69, 9.17) is 9.47 Å². The van der Waals surface area contributed by atoms with Gasteiger partial charge in [0.25, 0.3) is 5.91 Å². The minimum atomic E-state index is -0.249. The van der Waals surface area contributed by atoms with Crippen molar-refractivity contribution in [3.63, 3.8) is 0 Å². The van der Waals surface area contributed by atoms with Crippen LogP contribution in [-0.2, 0) is 7.05 Å². The highest BCUT2D eigenvalue weighted by Gasteiger charge is 2.19. The molecule has 0 aliphatic carbocycles. The van der Waals surface area contributed by atoms with Crippen molar-refractivity contribution in [2.75, 3.05) is 12.1 Å². The molecule has 1 amide bonds. The zero-order valence-corrected chi connectivity index (χ0v) is 12.9. The maximum Gasteiger partial charge on any atom is 0.259 e. The van der Waals surface area contributed by atoms with Gasteiger partial charge in [0.15, 0.2) is 11.5 Å². The number of ether oxygens (including phenoxy) is 2. The molecule has 0 bridgehead atoms. The van der Waals surface area contributed by atoms with E-state index in [2.05, 4.69) is 15.4 Å². The van der Waals surface area contributed by atoms with Crippen LogP contribution in [0.4, 0.5) is 5.69 Å².